The van der Waals surface area contributed by atoms with Crippen LogP contribution in [0.2, 0.25) is 5.02 Å². The van der Waals surface area contributed by atoms with Gasteiger partial charge in [-0.05, 0) is 42.3 Å². The van der Waals surface area contributed by atoms with Crippen molar-refractivity contribution in [1.29, 1.82) is 0 Å². The van der Waals surface area contributed by atoms with Gasteiger partial charge < -0.3 is 5.11 Å². The van der Waals surface area contributed by atoms with Gasteiger partial charge in [-0.15, -0.1) is 0 Å². The minimum Gasteiger partial charge on any atom is -0.478 e. The Hall–Kier alpha value is -3.19. The van der Waals surface area contributed by atoms with E-state index in [4.69, 9.17) is 16.7 Å². The van der Waals surface area contributed by atoms with Crippen LogP contribution in [-0.2, 0) is 11.3 Å². The molecule has 0 fully saturated rings. The molecule has 7 nitrogen and oxygen atoms in total. The van der Waals surface area contributed by atoms with Gasteiger partial charge in [0.2, 0.25) is 0 Å². The van der Waals surface area contributed by atoms with Crippen molar-refractivity contribution in [2.24, 2.45) is 0 Å². The van der Waals surface area contributed by atoms with E-state index in [1.54, 1.807) is 16.8 Å². The zero-order valence-corrected chi connectivity index (χ0v) is 14.5. The molecule has 0 aliphatic rings. The number of carbonyl (C=O) groups is 1. The maximum atomic E-state index is 11.1. The van der Waals surface area contributed by atoms with Crippen molar-refractivity contribution in [1.82, 2.24) is 9.78 Å². The van der Waals surface area contributed by atoms with Crippen molar-refractivity contribution < 1.29 is 14.8 Å². The van der Waals surface area contributed by atoms with Gasteiger partial charge in [-0.2, -0.15) is 5.10 Å². The number of nitrogens with zero attached hydrogens (tertiary/aromatic N) is 3. The van der Waals surface area contributed by atoms with Gasteiger partial charge in [0.15, 0.2) is 0 Å². The number of hydrogen-bond acceptors (Lipinski definition) is 4. The van der Waals surface area contributed by atoms with E-state index < -0.39 is 10.9 Å². The van der Waals surface area contributed by atoms with Gasteiger partial charge >= 0.3 is 5.97 Å². The molecule has 3 rings (SSSR count). The molecular weight excluding hydrogens is 358 g/mol. The molecule has 0 radical (unpaired) electrons. The van der Waals surface area contributed by atoms with Crippen LogP contribution in [0.5, 0.6) is 0 Å². The summed E-state index contributed by atoms with van der Waals surface area (Å²) in [7, 11) is 0. The average Bonchev–Trinajstić information content (AvgIpc) is 2.92. The van der Waals surface area contributed by atoms with E-state index in [1.165, 1.54) is 18.2 Å². The molecule has 1 aromatic heterocycles. The van der Waals surface area contributed by atoms with E-state index in [0.29, 0.717) is 28.2 Å². The largest absolute Gasteiger partial charge is 0.478 e. The Morgan fingerprint density at radius 1 is 1.35 bits per heavy atom. The quantitative estimate of drug-likeness (QED) is 0.414. The van der Waals surface area contributed by atoms with E-state index in [1.807, 2.05) is 19.1 Å². The van der Waals surface area contributed by atoms with Crippen LogP contribution >= 0.6 is 11.6 Å². The van der Waals surface area contributed by atoms with Crippen LogP contribution < -0.4 is 0 Å². The third-order valence-corrected chi connectivity index (χ3v) is 4.22. The minimum absolute atomic E-state index is 0.0553. The lowest BCUT2D eigenvalue weighted by atomic mass is 10.1. The highest BCUT2D eigenvalue weighted by Crippen LogP contribution is 2.26. The van der Waals surface area contributed by atoms with E-state index in [2.05, 4.69) is 5.10 Å². The number of benzene rings is 2. The molecule has 1 N–H and O–H groups in total. The number of hydrogen-bond donors (Lipinski definition) is 1. The minimum atomic E-state index is -1.09. The summed E-state index contributed by atoms with van der Waals surface area (Å²) in [5, 5.41) is 25.6. The highest BCUT2D eigenvalue weighted by atomic mass is 35.5. The summed E-state index contributed by atoms with van der Waals surface area (Å²) in [5.74, 6) is -1.09. The average molecular weight is 372 g/mol. The Bertz CT molecular complexity index is 1060. The Labute approximate surface area is 153 Å². The molecule has 0 atom stereocenters. The van der Waals surface area contributed by atoms with Crippen LogP contribution in [0.1, 0.15) is 16.8 Å². The van der Waals surface area contributed by atoms with Crippen molar-refractivity contribution in [3.8, 4) is 0 Å². The third-order valence-electron chi connectivity index (χ3n) is 3.98. The first-order valence-electron chi connectivity index (χ1n) is 7.66. The fourth-order valence-electron chi connectivity index (χ4n) is 2.69. The van der Waals surface area contributed by atoms with Crippen LogP contribution in [0.15, 0.2) is 42.5 Å². The lowest BCUT2D eigenvalue weighted by molar-refractivity contribution is -0.384. The molecule has 0 unspecified atom stereocenters. The zero-order chi connectivity index (χ0) is 18.8. The summed E-state index contributed by atoms with van der Waals surface area (Å²) in [5.41, 5.74) is 2.86. The van der Waals surface area contributed by atoms with E-state index in [0.717, 1.165) is 17.2 Å². The van der Waals surface area contributed by atoms with Gasteiger partial charge in [0.1, 0.15) is 0 Å². The molecular formula is C18H14ClN3O4. The fraction of sp³-hybridized carbons (Fsp3) is 0.111. The van der Waals surface area contributed by atoms with Gasteiger partial charge in [-0.3, -0.25) is 14.8 Å². The summed E-state index contributed by atoms with van der Waals surface area (Å²) >= 11 is 5.98. The highest BCUT2D eigenvalue weighted by molar-refractivity contribution is 6.30. The van der Waals surface area contributed by atoms with Crippen LogP contribution in [0.3, 0.4) is 0 Å². The molecule has 0 saturated carbocycles. The van der Waals surface area contributed by atoms with Gasteiger partial charge in [-0.25, -0.2) is 4.79 Å². The predicted molar refractivity (Wildman–Crippen MR) is 98.3 cm³/mol. The predicted octanol–water partition coefficient (Wildman–Crippen LogP) is 4.05. The maximum Gasteiger partial charge on any atom is 0.328 e. The van der Waals surface area contributed by atoms with Crippen molar-refractivity contribution >= 4 is 40.2 Å². The number of halogens is 1. The van der Waals surface area contributed by atoms with Gasteiger partial charge in [0.25, 0.3) is 5.69 Å². The maximum absolute atomic E-state index is 11.1. The van der Waals surface area contributed by atoms with Gasteiger partial charge in [0.05, 0.1) is 22.7 Å². The Balaban J connectivity index is 2.14. The van der Waals surface area contributed by atoms with Crippen molar-refractivity contribution in [2.75, 3.05) is 0 Å². The number of aliphatic carboxylic acids is 1. The monoisotopic (exact) mass is 371 g/mol. The fourth-order valence-corrected chi connectivity index (χ4v) is 2.92. The van der Waals surface area contributed by atoms with Crippen LogP contribution in [0.4, 0.5) is 5.69 Å². The molecule has 0 spiro atoms. The number of nitro groups is 1. The molecule has 0 bridgehead atoms. The normalized spacial score (nSPS) is 11.3. The van der Waals surface area contributed by atoms with Crippen LogP contribution in [0.25, 0.3) is 17.0 Å². The van der Waals surface area contributed by atoms with Crippen LogP contribution in [-0.4, -0.2) is 25.8 Å². The lowest BCUT2D eigenvalue weighted by Gasteiger charge is -2.07. The molecule has 0 aliphatic carbocycles. The SMILES string of the molecule is Cc1cc(Cl)ccc1Cn1nc(C=CC(=O)O)c2ccc([N+](=O)[O-])cc21. The van der Waals surface area contributed by atoms with Crippen molar-refractivity contribution in [3.63, 3.8) is 0 Å². The lowest BCUT2D eigenvalue weighted by Crippen LogP contribution is -2.03. The number of non-ortho nitro benzene ring substituents is 1. The molecule has 3 aromatic rings. The molecule has 8 heteroatoms. The van der Waals surface area contributed by atoms with Gasteiger partial charge in [0, 0.05) is 28.6 Å². The first-order chi connectivity index (χ1) is 12.3. The summed E-state index contributed by atoms with van der Waals surface area (Å²) in [4.78, 5) is 21.4. The number of fused-ring (bicyclic) bond motifs is 1. The number of carboxylic acid groups (broad SMARTS) is 1. The summed E-state index contributed by atoms with van der Waals surface area (Å²) in [6.45, 7) is 2.29. The highest BCUT2D eigenvalue weighted by Gasteiger charge is 2.15. The van der Waals surface area contributed by atoms with Gasteiger partial charge in [-0.1, -0.05) is 17.7 Å². The molecule has 2 aromatic carbocycles. The molecule has 1 heterocycles. The topological polar surface area (TPSA) is 98.3 Å². The first kappa shape index (κ1) is 17.6. The number of nitro benzene ring substituents is 1. The van der Waals surface area contributed by atoms with E-state index in [-0.39, 0.29) is 5.69 Å². The Morgan fingerprint density at radius 3 is 2.77 bits per heavy atom. The number of rotatable bonds is 5. The summed E-state index contributed by atoms with van der Waals surface area (Å²) in [6, 6.07) is 9.85. The summed E-state index contributed by atoms with van der Waals surface area (Å²) in [6.07, 6.45) is 2.36. The molecule has 0 aliphatic heterocycles. The summed E-state index contributed by atoms with van der Waals surface area (Å²) < 4.78 is 1.63. The molecule has 0 amide bonds. The van der Waals surface area contributed by atoms with E-state index >= 15 is 0 Å². The zero-order valence-electron chi connectivity index (χ0n) is 13.7. The number of carboxylic acids is 1. The van der Waals surface area contributed by atoms with Crippen LogP contribution in [0, 0.1) is 17.0 Å². The van der Waals surface area contributed by atoms with Crippen molar-refractivity contribution in [3.05, 3.63) is 74.4 Å². The molecule has 132 valence electrons. The Morgan fingerprint density at radius 2 is 2.12 bits per heavy atom. The first-order valence-corrected chi connectivity index (χ1v) is 8.04. The second-order valence-electron chi connectivity index (χ2n) is 5.74. The van der Waals surface area contributed by atoms with Crippen molar-refractivity contribution in [2.45, 2.75) is 13.5 Å². The third kappa shape index (κ3) is 3.57. The molecule has 26 heavy (non-hydrogen) atoms. The Kier molecular flexibility index (Phi) is 4.73. The second kappa shape index (κ2) is 6.97. The smallest absolute Gasteiger partial charge is 0.328 e. The number of aromatic nitrogens is 2. The number of aryl methyl sites for hydroxylation is 1. The second-order valence-corrected chi connectivity index (χ2v) is 6.18. The molecule has 0 saturated heterocycles. The standard InChI is InChI=1S/C18H14ClN3O4/c1-11-8-13(19)3-2-12(11)10-21-17-9-14(22(25)26)4-5-15(17)16(20-21)6-7-18(23)24/h2-9H,10H2,1H3,(H,23,24). The van der Waals surface area contributed by atoms with E-state index in [9.17, 15) is 14.9 Å².